The maximum atomic E-state index is 13.2. The number of carbonyl (C=O) groups excluding carboxylic acids is 1. The Morgan fingerprint density at radius 1 is 1.17 bits per heavy atom. The van der Waals surface area contributed by atoms with Gasteiger partial charge in [0.1, 0.15) is 11.0 Å². The number of para-hydroxylation sites is 1. The molecule has 1 aromatic heterocycles. The number of benzene rings is 1. The fourth-order valence-corrected chi connectivity index (χ4v) is 5.73. The van der Waals surface area contributed by atoms with Crippen LogP contribution in [0.2, 0.25) is 0 Å². The number of fused-ring (bicyclic) bond motifs is 2. The van der Waals surface area contributed by atoms with Crippen molar-refractivity contribution in [1.82, 2.24) is 20.7 Å². The normalized spacial score (nSPS) is 32.6. The van der Waals surface area contributed by atoms with Crippen LogP contribution in [0.3, 0.4) is 0 Å². The van der Waals surface area contributed by atoms with Crippen LogP contribution in [0.4, 0.5) is 0 Å². The van der Waals surface area contributed by atoms with Crippen molar-refractivity contribution in [3.8, 4) is 0 Å². The van der Waals surface area contributed by atoms with Gasteiger partial charge in [-0.15, -0.1) is 11.3 Å². The van der Waals surface area contributed by atoms with E-state index < -0.39 is 0 Å². The monoisotopic (exact) mass is 342 g/mol. The van der Waals surface area contributed by atoms with Gasteiger partial charge in [0.2, 0.25) is 5.91 Å². The summed E-state index contributed by atoms with van der Waals surface area (Å²) in [7, 11) is 0. The number of rotatable bonds is 2. The third-order valence-corrected chi connectivity index (χ3v) is 6.96. The first-order valence-electron chi connectivity index (χ1n) is 8.98. The molecule has 3 fully saturated rings. The highest BCUT2D eigenvalue weighted by Gasteiger charge is 2.46. The lowest BCUT2D eigenvalue weighted by Gasteiger charge is -2.28. The zero-order valence-corrected chi connectivity index (χ0v) is 14.4. The molecule has 2 aromatic rings. The molecule has 4 atom stereocenters. The second-order valence-corrected chi connectivity index (χ2v) is 8.24. The second kappa shape index (κ2) is 5.79. The average Bonchev–Trinajstić information content (AvgIpc) is 3.34. The number of aromatic nitrogens is 1. The molecule has 6 heteroatoms. The quantitative estimate of drug-likeness (QED) is 0.881. The molecule has 0 radical (unpaired) electrons. The molecular formula is C18H22N4OS. The van der Waals surface area contributed by atoms with Gasteiger partial charge in [-0.1, -0.05) is 18.6 Å². The summed E-state index contributed by atoms with van der Waals surface area (Å²) in [6, 6.07) is 8.81. The zero-order valence-electron chi connectivity index (χ0n) is 13.6. The van der Waals surface area contributed by atoms with E-state index >= 15 is 0 Å². The minimum absolute atomic E-state index is 0.0625. The Morgan fingerprint density at radius 2 is 2.08 bits per heavy atom. The van der Waals surface area contributed by atoms with Gasteiger partial charge in [-0.2, -0.15) is 0 Å². The molecule has 4 unspecified atom stereocenters. The average molecular weight is 342 g/mol. The van der Waals surface area contributed by atoms with E-state index in [0.717, 1.165) is 36.3 Å². The van der Waals surface area contributed by atoms with Crippen LogP contribution in [0.1, 0.15) is 43.2 Å². The van der Waals surface area contributed by atoms with Gasteiger partial charge in [0.15, 0.2) is 0 Å². The molecule has 2 N–H and O–H groups in total. The zero-order chi connectivity index (χ0) is 16.1. The predicted octanol–water partition coefficient (Wildman–Crippen LogP) is 2.60. The number of amides is 1. The predicted molar refractivity (Wildman–Crippen MR) is 94.5 cm³/mol. The maximum absolute atomic E-state index is 13.2. The van der Waals surface area contributed by atoms with Gasteiger partial charge in [0.05, 0.1) is 16.3 Å². The molecule has 1 aromatic carbocycles. The molecule has 126 valence electrons. The van der Waals surface area contributed by atoms with Gasteiger partial charge in [0, 0.05) is 18.5 Å². The second-order valence-electron chi connectivity index (χ2n) is 7.18. The summed E-state index contributed by atoms with van der Waals surface area (Å²) in [5.41, 5.74) is 7.66. The standard InChI is InChI=1S/C18H22N4OS/c23-18(16-11-5-3-7-12(11)20-21-16)22-10-4-8-14(22)17-19-13-6-1-2-9-15(13)24-17/h1-2,6,9,11-12,14,16,20-21H,3-5,7-8,10H2. The minimum Gasteiger partial charge on any atom is -0.332 e. The van der Waals surface area contributed by atoms with Crippen LogP contribution in [0.25, 0.3) is 10.2 Å². The number of carbonyl (C=O) groups is 1. The molecule has 2 aliphatic heterocycles. The van der Waals surface area contributed by atoms with Crippen molar-refractivity contribution in [2.45, 2.75) is 50.2 Å². The van der Waals surface area contributed by atoms with Crippen LogP contribution in [0, 0.1) is 5.92 Å². The van der Waals surface area contributed by atoms with Gasteiger partial charge < -0.3 is 4.90 Å². The largest absolute Gasteiger partial charge is 0.332 e. The van der Waals surface area contributed by atoms with E-state index in [2.05, 4.69) is 34.0 Å². The molecule has 24 heavy (non-hydrogen) atoms. The van der Waals surface area contributed by atoms with Crippen molar-refractivity contribution in [1.29, 1.82) is 0 Å². The van der Waals surface area contributed by atoms with Crippen LogP contribution >= 0.6 is 11.3 Å². The molecular weight excluding hydrogens is 320 g/mol. The Hall–Kier alpha value is -1.50. The molecule has 5 rings (SSSR count). The van der Waals surface area contributed by atoms with E-state index in [9.17, 15) is 4.79 Å². The molecule has 0 spiro atoms. The van der Waals surface area contributed by atoms with E-state index in [-0.39, 0.29) is 18.0 Å². The topological polar surface area (TPSA) is 57.3 Å². The van der Waals surface area contributed by atoms with Crippen molar-refractivity contribution in [2.24, 2.45) is 5.92 Å². The number of thiazole rings is 1. The van der Waals surface area contributed by atoms with E-state index in [1.807, 2.05) is 6.07 Å². The minimum atomic E-state index is -0.0625. The Kier molecular flexibility index (Phi) is 3.57. The lowest BCUT2D eigenvalue weighted by molar-refractivity contribution is -0.135. The van der Waals surface area contributed by atoms with Crippen LogP contribution in [0.5, 0.6) is 0 Å². The highest BCUT2D eigenvalue weighted by molar-refractivity contribution is 7.18. The first-order valence-corrected chi connectivity index (χ1v) is 9.80. The molecule has 5 nitrogen and oxygen atoms in total. The number of nitrogens with zero attached hydrogens (tertiary/aromatic N) is 2. The van der Waals surface area contributed by atoms with Crippen molar-refractivity contribution < 1.29 is 4.79 Å². The maximum Gasteiger partial charge on any atom is 0.242 e. The summed E-state index contributed by atoms with van der Waals surface area (Å²) in [4.78, 5) is 20.1. The lowest BCUT2D eigenvalue weighted by atomic mass is 9.96. The van der Waals surface area contributed by atoms with E-state index in [1.165, 1.54) is 17.5 Å². The fraction of sp³-hybridized carbons (Fsp3) is 0.556. The Bertz CT molecular complexity index is 742. The first kappa shape index (κ1) is 14.8. The highest BCUT2D eigenvalue weighted by atomic mass is 32.1. The number of nitrogens with one attached hydrogen (secondary N) is 2. The fourth-order valence-electron chi connectivity index (χ4n) is 4.61. The molecule has 1 aliphatic carbocycles. The number of hydrazine groups is 1. The van der Waals surface area contributed by atoms with E-state index in [0.29, 0.717) is 12.0 Å². The Morgan fingerprint density at radius 3 is 3.00 bits per heavy atom. The molecule has 3 aliphatic rings. The summed E-state index contributed by atoms with van der Waals surface area (Å²) >= 11 is 1.74. The lowest BCUT2D eigenvalue weighted by Crippen LogP contribution is -2.47. The Balaban J connectivity index is 1.41. The molecule has 2 saturated heterocycles. The van der Waals surface area contributed by atoms with Gasteiger partial charge in [-0.05, 0) is 37.8 Å². The van der Waals surface area contributed by atoms with E-state index in [4.69, 9.17) is 4.98 Å². The summed E-state index contributed by atoms with van der Waals surface area (Å²) < 4.78 is 1.21. The van der Waals surface area contributed by atoms with Crippen molar-refractivity contribution >= 4 is 27.5 Å². The van der Waals surface area contributed by atoms with Gasteiger partial charge in [-0.3, -0.25) is 10.2 Å². The third-order valence-electron chi connectivity index (χ3n) is 5.82. The summed E-state index contributed by atoms with van der Waals surface area (Å²) in [5, 5.41) is 1.09. The third kappa shape index (κ3) is 2.28. The summed E-state index contributed by atoms with van der Waals surface area (Å²) in [6.45, 7) is 0.856. The van der Waals surface area contributed by atoms with Crippen LogP contribution in [-0.2, 0) is 4.79 Å². The van der Waals surface area contributed by atoms with Gasteiger partial charge in [-0.25, -0.2) is 10.4 Å². The molecule has 1 amide bonds. The van der Waals surface area contributed by atoms with Gasteiger partial charge in [0.25, 0.3) is 0 Å². The SMILES string of the molecule is O=C(C1NNC2CCCC21)N1CCCC1c1nc2ccccc2s1. The molecule has 3 heterocycles. The number of hydrogen-bond acceptors (Lipinski definition) is 5. The van der Waals surface area contributed by atoms with Crippen LogP contribution in [-0.4, -0.2) is 34.4 Å². The molecule has 0 bridgehead atoms. The van der Waals surface area contributed by atoms with Crippen molar-refractivity contribution in [3.63, 3.8) is 0 Å². The number of hydrogen-bond donors (Lipinski definition) is 2. The Labute approximate surface area is 145 Å². The highest BCUT2D eigenvalue weighted by Crippen LogP contribution is 2.39. The van der Waals surface area contributed by atoms with Crippen molar-refractivity contribution in [3.05, 3.63) is 29.3 Å². The van der Waals surface area contributed by atoms with E-state index in [1.54, 1.807) is 11.3 Å². The number of likely N-dealkylation sites (tertiary alicyclic amines) is 1. The van der Waals surface area contributed by atoms with Crippen molar-refractivity contribution in [2.75, 3.05) is 6.54 Å². The van der Waals surface area contributed by atoms with Crippen LogP contribution < -0.4 is 10.9 Å². The molecule has 1 saturated carbocycles. The summed E-state index contributed by atoms with van der Waals surface area (Å²) in [5.74, 6) is 0.716. The summed E-state index contributed by atoms with van der Waals surface area (Å²) in [6.07, 6.45) is 5.67. The van der Waals surface area contributed by atoms with Gasteiger partial charge >= 0.3 is 0 Å². The van der Waals surface area contributed by atoms with Crippen LogP contribution in [0.15, 0.2) is 24.3 Å². The smallest absolute Gasteiger partial charge is 0.242 e. The first-order chi connectivity index (χ1) is 11.8.